The second-order valence-corrected chi connectivity index (χ2v) is 4.35. The van der Waals surface area contributed by atoms with Crippen LogP contribution in [0.4, 0.5) is 11.6 Å². The van der Waals surface area contributed by atoms with Crippen molar-refractivity contribution >= 4 is 22.5 Å². The third-order valence-corrected chi connectivity index (χ3v) is 3.07. The van der Waals surface area contributed by atoms with Crippen LogP contribution in [0.1, 0.15) is 0 Å². The monoisotopic (exact) mass is 281 g/mol. The van der Waals surface area contributed by atoms with E-state index < -0.39 is 4.92 Å². The lowest BCUT2D eigenvalue weighted by Gasteiger charge is -2.05. The molecule has 3 rings (SSSR count). The highest BCUT2D eigenvalue weighted by molar-refractivity contribution is 5.85. The van der Waals surface area contributed by atoms with Gasteiger partial charge in [0.05, 0.1) is 10.4 Å². The summed E-state index contributed by atoms with van der Waals surface area (Å²) in [5, 5.41) is 14.8. The van der Waals surface area contributed by atoms with Crippen molar-refractivity contribution in [3.05, 3.63) is 52.8 Å². The first-order valence-corrected chi connectivity index (χ1v) is 6.23. The molecular formula is C14H11N5O2. The Kier molecular flexibility index (Phi) is 3.15. The van der Waals surface area contributed by atoms with Gasteiger partial charge in [0.15, 0.2) is 5.69 Å². The molecule has 2 aromatic heterocycles. The van der Waals surface area contributed by atoms with Crippen LogP contribution in [-0.4, -0.2) is 26.9 Å². The summed E-state index contributed by atoms with van der Waals surface area (Å²) in [6.45, 7) is 0. The fourth-order valence-electron chi connectivity index (χ4n) is 2.06. The first-order chi connectivity index (χ1) is 10.2. The second-order valence-electron chi connectivity index (χ2n) is 4.35. The SMILES string of the molecule is CNc1ncc([N+](=O)[O-])c(-c2ccc3ncccc3c2)n1. The fourth-order valence-corrected chi connectivity index (χ4v) is 2.06. The maximum Gasteiger partial charge on any atom is 0.313 e. The number of anilines is 1. The third-order valence-electron chi connectivity index (χ3n) is 3.07. The number of pyridine rings is 1. The van der Waals surface area contributed by atoms with Crippen LogP contribution < -0.4 is 5.32 Å². The van der Waals surface area contributed by atoms with Gasteiger partial charge in [-0.2, -0.15) is 0 Å². The van der Waals surface area contributed by atoms with Crippen LogP contribution in [0.3, 0.4) is 0 Å². The Labute approximate surface area is 119 Å². The molecule has 2 heterocycles. The van der Waals surface area contributed by atoms with Crippen molar-refractivity contribution in [1.82, 2.24) is 15.0 Å². The van der Waals surface area contributed by atoms with Gasteiger partial charge in [-0.3, -0.25) is 15.1 Å². The number of rotatable bonds is 3. The van der Waals surface area contributed by atoms with Crippen LogP contribution in [0.15, 0.2) is 42.7 Å². The molecule has 7 heteroatoms. The Balaban J connectivity index is 2.22. The highest BCUT2D eigenvalue weighted by atomic mass is 16.6. The maximum absolute atomic E-state index is 11.2. The zero-order valence-corrected chi connectivity index (χ0v) is 11.1. The number of aromatic nitrogens is 3. The molecular weight excluding hydrogens is 270 g/mol. The van der Waals surface area contributed by atoms with Gasteiger partial charge in [0, 0.05) is 24.2 Å². The summed E-state index contributed by atoms with van der Waals surface area (Å²) in [4.78, 5) is 23.0. The van der Waals surface area contributed by atoms with E-state index in [1.165, 1.54) is 6.20 Å². The Morgan fingerprint density at radius 2 is 2.10 bits per heavy atom. The van der Waals surface area contributed by atoms with Crippen LogP contribution in [0.2, 0.25) is 0 Å². The Morgan fingerprint density at radius 3 is 2.86 bits per heavy atom. The minimum absolute atomic E-state index is 0.128. The minimum atomic E-state index is -0.484. The van der Waals surface area contributed by atoms with Crippen molar-refractivity contribution in [2.45, 2.75) is 0 Å². The van der Waals surface area contributed by atoms with E-state index in [0.29, 0.717) is 11.5 Å². The lowest BCUT2D eigenvalue weighted by atomic mass is 10.1. The molecule has 21 heavy (non-hydrogen) atoms. The van der Waals surface area contributed by atoms with Gasteiger partial charge in [0.2, 0.25) is 5.95 Å². The summed E-state index contributed by atoms with van der Waals surface area (Å²) in [7, 11) is 1.66. The van der Waals surface area contributed by atoms with E-state index in [2.05, 4.69) is 20.3 Å². The van der Waals surface area contributed by atoms with Gasteiger partial charge in [-0.15, -0.1) is 0 Å². The Hall–Kier alpha value is -3.09. The van der Waals surface area contributed by atoms with Gasteiger partial charge in [0.1, 0.15) is 6.20 Å². The van der Waals surface area contributed by atoms with Crippen LogP contribution >= 0.6 is 0 Å². The molecule has 0 aliphatic heterocycles. The molecule has 7 nitrogen and oxygen atoms in total. The summed E-state index contributed by atoms with van der Waals surface area (Å²) < 4.78 is 0. The molecule has 0 aliphatic rings. The zero-order valence-electron chi connectivity index (χ0n) is 11.1. The molecule has 0 spiro atoms. The van der Waals surface area contributed by atoms with Crippen LogP contribution in [0.5, 0.6) is 0 Å². The van der Waals surface area contributed by atoms with Crippen molar-refractivity contribution in [3.63, 3.8) is 0 Å². The molecule has 0 amide bonds. The van der Waals surface area contributed by atoms with Gasteiger partial charge in [-0.1, -0.05) is 12.1 Å². The van der Waals surface area contributed by atoms with Crippen molar-refractivity contribution in [3.8, 4) is 11.3 Å². The predicted octanol–water partition coefficient (Wildman–Crippen LogP) is 2.64. The van der Waals surface area contributed by atoms with Crippen LogP contribution in [0, 0.1) is 10.1 Å². The first kappa shape index (κ1) is 12.9. The molecule has 0 atom stereocenters. The topological polar surface area (TPSA) is 93.8 Å². The predicted molar refractivity (Wildman–Crippen MR) is 79.0 cm³/mol. The van der Waals surface area contributed by atoms with Gasteiger partial charge >= 0.3 is 5.69 Å². The molecule has 0 saturated carbocycles. The van der Waals surface area contributed by atoms with Gasteiger partial charge in [-0.05, 0) is 18.2 Å². The largest absolute Gasteiger partial charge is 0.357 e. The number of hydrogen-bond donors (Lipinski definition) is 1. The number of benzene rings is 1. The Bertz CT molecular complexity index is 834. The van der Waals surface area contributed by atoms with Gasteiger partial charge in [0.25, 0.3) is 0 Å². The lowest BCUT2D eigenvalue weighted by Crippen LogP contribution is -2.01. The number of hydrogen-bond acceptors (Lipinski definition) is 6. The van der Waals surface area contributed by atoms with Crippen molar-refractivity contribution in [2.24, 2.45) is 0 Å². The van der Waals surface area contributed by atoms with Crippen LogP contribution in [-0.2, 0) is 0 Å². The van der Waals surface area contributed by atoms with E-state index in [9.17, 15) is 10.1 Å². The quantitative estimate of drug-likeness (QED) is 0.586. The molecule has 0 bridgehead atoms. The number of nitrogens with one attached hydrogen (secondary N) is 1. The number of nitrogens with zero attached hydrogens (tertiary/aromatic N) is 4. The smallest absolute Gasteiger partial charge is 0.313 e. The molecule has 1 aromatic carbocycles. The van der Waals surface area contributed by atoms with E-state index in [0.717, 1.165) is 10.9 Å². The van der Waals surface area contributed by atoms with Crippen molar-refractivity contribution in [2.75, 3.05) is 12.4 Å². The second kappa shape index (κ2) is 5.12. The van der Waals surface area contributed by atoms with E-state index >= 15 is 0 Å². The maximum atomic E-state index is 11.2. The molecule has 0 radical (unpaired) electrons. The normalized spacial score (nSPS) is 10.5. The van der Waals surface area contributed by atoms with Crippen molar-refractivity contribution < 1.29 is 4.92 Å². The van der Waals surface area contributed by atoms with Crippen LogP contribution in [0.25, 0.3) is 22.2 Å². The Morgan fingerprint density at radius 1 is 1.24 bits per heavy atom. The van der Waals surface area contributed by atoms with E-state index in [4.69, 9.17) is 0 Å². The molecule has 104 valence electrons. The summed E-state index contributed by atoms with van der Waals surface area (Å²) in [6, 6.07) is 9.13. The molecule has 1 N–H and O–H groups in total. The fraction of sp³-hybridized carbons (Fsp3) is 0.0714. The third kappa shape index (κ3) is 2.36. The zero-order chi connectivity index (χ0) is 14.8. The average molecular weight is 281 g/mol. The number of fused-ring (bicyclic) bond motifs is 1. The molecule has 0 unspecified atom stereocenters. The van der Waals surface area contributed by atoms with E-state index in [1.54, 1.807) is 19.3 Å². The molecule has 0 aliphatic carbocycles. The molecule has 0 saturated heterocycles. The lowest BCUT2D eigenvalue weighted by molar-refractivity contribution is -0.384. The minimum Gasteiger partial charge on any atom is -0.357 e. The highest BCUT2D eigenvalue weighted by Crippen LogP contribution is 2.29. The van der Waals surface area contributed by atoms with E-state index in [1.807, 2.05) is 24.3 Å². The standard InChI is InChI=1S/C14H11N5O2/c1-15-14-17-8-12(19(20)21)13(18-14)10-4-5-11-9(7-10)3-2-6-16-11/h2-8H,1H3,(H,15,17,18). The summed E-state index contributed by atoms with van der Waals surface area (Å²) >= 11 is 0. The van der Waals surface area contributed by atoms with Gasteiger partial charge in [-0.25, -0.2) is 9.97 Å². The highest BCUT2D eigenvalue weighted by Gasteiger charge is 2.19. The first-order valence-electron chi connectivity index (χ1n) is 6.23. The summed E-state index contributed by atoms with van der Waals surface area (Å²) in [6.07, 6.45) is 2.91. The summed E-state index contributed by atoms with van der Waals surface area (Å²) in [5.41, 5.74) is 1.63. The van der Waals surface area contributed by atoms with E-state index in [-0.39, 0.29) is 11.4 Å². The summed E-state index contributed by atoms with van der Waals surface area (Å²) in [5.74, 6) is 0.335. The average Bonchev–Trinajstić information content (AvgIpc) is 2.53. The van der Waals surface area contributed by atoms with Gasteiger partial charge < -0.3 is 5.32 Å². The van der Waals surface area contributed by atoms with Crippen molar-refractivity contribution in [1.29, 1.82) is 0 Å². The number of nitro groups is 1. The molecule has 0 fully saturated rings. The molecule has 3 aromatic rings.